The molecule has 3 rings (SSSR count). The lowest BCUT2D eigenvalue weighted by Gasteiger charge is -2.15. The summed E-state index contributed by atoms with van der Waals surface area (Å²) in [4.78, 5) is 0.0512. The number of hydrogen-bond acceptors (Lipinski definition) is 4. The average Bonchev–Trinajstić information content (AvgIpc) is 2.73. The SMILES string of the molecule is Cc1ccc(S(=O)(=O)c2ccc(C)c(S(=O)(=O)NC[C@@H](C)c3ccccc3)c2)cc1. The Balaban J connectivity index is 1.89. The second-order valence-electron chi connectivity index (χ2n) is 7.41. The molecule has 1 N–H and O–H groups in total. The topological polar surface area (TPSA) is 80.3 Å². The van der Waals surface area contributed by atoms with E-state index in [1.54, 1.807) is 19.1 Å². The van der Waals surface area contributed by atoms with Gasteiger partial charge in [0.25, 0.3) is 0 Å². The van der Waals surface area contributed by atoms with Crippen LogP contribution in [-0.4, -0.2) is 23.4 Å². The molecule has 158 valence electrons. The molecule has 5 nitrogen and oxygen atoms in total. The Morgan fingerprint density at radius 1 is 0.800 bits per heavy atom. The summed E-state index contributed by atoms with van der Waals surface area (Å²) >= 11 is 0. The molecular formula is C23H25NO4S2. The van der Waals surface area contributed by atoms with Gasteiger partial charge in [0, 0.05) is 6.54 Å². The molecular weight excluding hydrogens is 418 g/mol. The summed E-state index contributed by atoms with van der Waals surface area (Å²) in [5.74, 6) is -0.0271. The highest BCUT2D eigenvalue weighted by Gasteiger charge is 2.23. The zero-order chi connectivity index (χ0) is 21.9. The van der Waals surface area contributed by atoms with Crippen molar-refractivity contribution in [3.63, 3.8) is 0 Å². The molecule has 0 aromatic heterocycles. The molecule has 0 spiro atoms. The molecule has 30 heavy (non-hydrogen) atoms. The van der Waals surface area contributed by atoms with Crippen molar-refractivity contribution < 1.29 is 16.8 Å². The zero-order valence-corrected chi connectivity index (χ0v) is 18.8. The van der Waals surface area contributed by atoms with Crippen molar-refractivity contribution in [3.05, 3.63) is 89.5 Å². The Labute approximate surface area is 178 Å². The first-order valence-electron chi connectivity index (χ1n) is 9.58. The maximum absolute atomic E-state index is 13.0. The summed E-state index contributed by atoms with van der Waals surface area (Å²) in [6.07, 6.45) is 0. The molecule has 3 aromatic carbocycles. The van der Waals surface area contributed by atoms with Gasteiger partial charge in [-0.3, -0.25) is 0 Å². The first-order valence-corrected chi connectivity index (χ1v) is 12.5. The van der Waals surface area contributed by atoms with Crippen LogP contribution in [0.4, 0.5) is 0 Å². The van der Waals surface area contributed by atoms with Crippen LogP contribution in [0.3, 0.4) is 0 Å². The van der Waals surface area contributed by atoms with E-state index in [0.29, 0.717) is 5.56 Å². The highest BCUT2D eigenvalue weighted by Crippen LogP contribution is 2.26. The number of benzene rings is 3. The van der Waals surface area contributed by atoms with Crippen molar-refractivity contribution in [2.75, 3.05) is 6.54 Å². The van der Waals surface area contributed by atoms with Crippen LogP contribution in [0.5, 0.6) is 0 Å². The minimum Gasteiger partial charge on any atom is -0.219 e. The fourth-order valence-electron chi connectivity index (χ4n) is 3.10. The van der Waals surface area contributed by atoms with Crippen molar-refractivity contribution in [3.8, 4) is 0 Å². The van der Waals surface area contributed by atoms with Crippen molar-refractivity contribution in [1.82, 2.24) is 4.72 Å². The van der Waals surface area contributed by atoms with Crippen LogP contribution in [0, 0.1) is 13.8 Å². The molecule has 0 heterocycles. The molecule has 0 aliphatic carbocycles. The Morgan fingerprint density at radius 2 is 1.40 bits per heavy atom. The van der Waals surface area contributed by atoms with Crippen LogP contribution in [0.2, 0.25) is 0 Å². The molecule has 0 saturated carbocycles. The summed E-state index contributed by atoms with van der Waals surface area (Å²) in [5.41, 5.74) is 2.45. The number of aryl methyl sites for hydroxylation is 2. The van der Waals surface area contributed by atoms with Crippen LogP contribution < -0.4 is 4.72 Å². The maximum atomic E-state index is 13.0. The monoisotopic (exact) mass is 443 g/mol. The van der Waals surface area contributed by atoms with Gasteiger partial charge in [-0.1, -0.05) is 61.0 Å². The van der Waals surface area contributed by atoms with E-state index in [1.165, 1.54) is 30.3 Å². The first kappa shape index (κ1) is 22.2. The minimum absolute atomic E-state index is 0.0271. The number of sulfone groups is 1. The summed E-state index contributed by atoms with van der Waals surface area (Å²) in [6, 6.07) is 20.3. The van der Waals surface area contributed by atoms with Gasteiger partial charge in [0.1, 0.15) is 0 Å². The van der Waals surface area contributed by atoms with Crippen LogP contribution in [0.1, 0.15) is 29.5 Å². The second kappa shape index (κ2) is 8.71. The van der Waals surface area contributed by atoms with Crippen molar-refractivity contribution in [2.24, 2.45) is 0 Å². The number of sulfonamides is 1. The quantitative estimate of drug-likeness (QED) is 0.593. The highest BCUT2D eigenvalue weighted by molar-refractivity contribution is 7.91. The maximum Gasteiger partial charge on any atom is 0.240 e. The molecule has 0 saturated heterocycles. The molecule has 0 aliphatic rings. The normalized spacial score (nSPS) is 13.2. The predicted molar refractivity (Wildman–Crippen MR) is 118 cm³/mol. The molecule has 7 heteroatoms. The van der Waals surface area contributed by atoms with E-state index in [9.17, 15) is 16.8 Å². The van der Waals surface area contributed by atoms with E-state index < -0.39 is 19.9 Å². The Hall–Kier alpha value is -2.48. The highest BCUT2D eigenvalue weighted by atomic mass is 32.2. The van der Waals surface area contributed by atoms with Gasteiger partial charge >= 0.3 is 0 Å². The summed E-state index contributed by atoms with van der Waals surface area (Å²) in [6.45, 7) is 5.66. The first-order chi connectivity index (χ1) is 14.1. The third kappa shape index (κ3) is 4.80. The van der Waals surface area contributed by atoms with Gasteiger partial charge in [0.05, 0.1) is 14.7 Å². The van der Waals surface area contributed by atoms with Crippen LogP contribution in [-0.2, 0) is 19.9 Å². The lowest BCUT2D eigenvalue weighted by molar-refractivity contribution is 0.574. The number of rotatable bonds is 7. The molecule has 0 fully saturated rings. The zero-order valence-electron chi connectivity index (χ0n) is 17.2. The lowest BCUT2D eigenvalue weighted by Crippen LogP contribution is -2.28. The van der Waals surface area contributed by atoms with Crippen LogP contribution >= 0.6 is 0 Å². The molecule has 1 atom stereocenters. The number of hydrogen-bond donors (Lipinski definition) is 1. The van der Waals surface area contributed by atoms with Gasteiger partial charge in [-0.15, -0.1) is 0 Å². The van der Waals surface area contributed by atoms with Crippen molar-refractivity contribution >= 4 is 19.9 Å². The van der Waals surface area contributed by atoms with Crippen LogP contribution in [0.15, 0.2) is 87.5 Å². The Morgan fingerprint density at radius 3 is 2.03 bits per heavy atom. The third-order valence-corrected chi connectivity index (χ3v) is 8.37. The van der Waals surface area contributed by atoms with E-state index >= 15 is 0 Å². The average molecular weight is 444 g/mol. The van der Waals surface area contributed by atoms with E-state index in [2.05, 4.69) is 4.72 Å². The van der Waals surface area contributed by atoms with Gasteiger partial charge in [-0.25, -0.2) is 21.6 Å². The fourth-order valence-corrected chi connectivity index (χ4v) is 5.86. The van der Waals surface area contributed by atoms with Gasteiger partial charge in [-0.05, 0) is 55.2 Å². The van der Waals surface area contributed by atoms with E-state index in [4.69, 9.17) is 0 Å². The minimum atomic E-state index is -3.88. The van der Waals surface area contributed by atoms with Crippen LogP contribution in [0.25, 0.3) is 0 Å². The largest absolute Gasteiger partial charge is 0.240 e. The summed E-state index contributed by atoms with van der Waals surface area (Å²) < 4.78 is 54.4. The predicted octanol–water partition coefficient (Wildman–Crippen LogP) is 4.22. The van der Waals surface area contributed by atoms with Gasteiger partial charge < -0.3 is 0 Å². The molecule has 0 radical (unpaired) electrons. The smallest absolute Gasteiger partial charge is 0.219 e. The Kier molecular flexibility index (Phi) is 6.45. The molecule has 0 aliphatic heterocycles. The van der Waals surface area contributed by atoms with Gasteiger partial charge in [0.15, 0.2) is 0 Å². The summed E-state index contributed by atoms with van der Waals surface area (Å²) in [5, 5.41) is 0. The van der Waals surface area contributed by atoms with Crippen molar-refractivity contribution in [2.45, 2.75) is 41.4 Å². The fraction of sp³-hybridized carbons (Fsp3) is 0.217. The van der Waals surface area contributed by atoms with E-state index in [0.717, 1.165) is 11.1 Å². The lowest BCUT2D eigenvalue weighted by atomic mass is 10.0. The summed E-state index contributed by atoms with van der Waals surface area (Å²) in [7, 11) is -7.70. The van der Waals surface area contributed by atoms with Crippen molar-refractivity contribution in [1.29, 1.82) is 0 Å². The molecule has 0 unspecified atom stereocenters. The Bertz CT molecular complexity index is 1230. The third-order valence-electron chi connectivity index (χ3n) is 5.04. The van der Waals surface area contributed by atoms with Gasteiger partial charge in [-0.2, -0.15) is 0 Å². The van der Waals surface area contributed by atoms with E-state index in [-0.39, 0.29) is 27.1 Å². The standard InChI is InChI=1S/C23H25NO4S2/c1-17-9-12-21(13-10-17)29(25,26)22-14-11-18(2)23(15-22)30(27,28)24-16-19(3)20-7-5-4-6-8-20/h4-15,19,24H,16H2,1-3H3/t19-/m1/s1. The molecule has 0 bridgehead atoms. The number of nitrogens with one attached hydrogen (secondary N) is 1. The molecule has 0 amide bonds. The van der Waals surface area contributed by atoms with Gasteiger partial charge in [0.2, 0.25) is 19.9 Å². The van der Waals surface area contributed by atoms with E-state index in [1.807, 2.05) is 44.2 Å². The molecule has 3 aromatic rings. The second-order valence-corrected chi connectivity index (χ2v) is 11.1.